The first-order valence-electron chi connectivity index (χ1n) is 8.03. The Hall–Kier alpha value is -3.87. The van der Waals surface area contributed by atoms with Gasteiger partial charge in [-0.2, -0.15) is 0 Å². The second-order valence-electron chi connectivity index (χ2n) is 5.53. The number of amides is 1. The predicted molar refractivity (Wildman–Crippen MR) is 101 cm³/mol. The van der Waals surface area contributed by atoms with Crippen LogP contribution < -0.4 is 14.8 Å². The molecule has 0 fully saturated rings. The number of nitrogens with one attached hydrogen (secondary N) is 1. The molecule has 3 aromatic carbocycles. The van der Waals surface area contributed by atoms with E-state index in [2.05, 4.69) is 5.32 Å². The van der Waals surface area contributed by atoms with E-state index in [-0.39, 0.29) is 11.6 Å². The Labute approximate surface area is 155 Å². The molecule has 0 aliphatic carbocycles. The van der Waals surface area contributed by atoms with Gasteiger partial charge in [0.2, 0.25) is 0 Å². The lowest BCUT2D eigenvalue weighted by Gasteiger charge is -2.10. The second kappa shape index (κ2) is 8.01. The Morgan fingerprint density at radius 2 is 1.52 bits per heavy atom. The molecule has 0 aromatic heterocycles. The number of ether oxygens (including phenoxy) is 2. The number of rotatable bonds is 6. The molecular formula is C20H16N2O5. The number of nitrogens with zero attached hydrogens (tertiary/aromatic N) is 1. The van der Waals surface area contributed by atoms with E-state index >= 15 is 0 Å². The summed E-state index contributed by atoms with van der Waals surface area (Å²) in [5.41, 5.74) is 1.03. The summed E-state index contributed by atoms with van der Waals surface area (Å²) in [7, 11) is 1.54. The zero-order valence-corrected chi connectivity index (χ0v) is 14.4. The molecule has 1 amide bonds. The van der Waals surface area contributed by atoms with Gasteiger partial charge in [0.1, 0.15) is 17.2 Å². The molecule has 7 nitrogen and oxygen atoms in total. The Kier molecular flexibility index (Phi) is 5.32. The monoisotopic (exact) mass is 364 g/mol. The van der Waals surface area contributed by atoms with Crippen LogP contribution in [0, 0.1) is 10.1 Å². The van der Waals surface area contributed by atoms with Gasteiger partial charge in [0.25, 0.3) is 11.6 Å². The van der Waals surface area contributed by atoms with Gasteiger partial charge in [-0.25, -0.2) is 0 Å². The maximum Gasteiger partial charge on any atom is 0.269 e. The lowest BCUT2D eigenvalue weighted by molar-refractivity contribution is -0.384. The number of methoxy groups -OCH3 is 1. The Balaban J connectivity index is 1.67. The first-order valence-corrected chi connectivity index (χ1v) is 8.03. The minimum atomic E-state index is -0.473. The Bertz CT molecular complexity index is 953. The third-order valence-corrected chi connectivity index (χ3v) is 3.75. The summed E-state index contributed by atoms with van der Waals surface area (Å²) < 4.78 is 10.8. The molecule has 0 radical (unpaired) electrons. The van der Waals surface area contributed by atoms with Gasteiger partial charge in [-0.3, -0.25) is 14.9 Å². The van der Waals surface area contributed by atoms with Gasteiger partial charge >= 0.3 is 0 Å². The fraction of sp³-hybridized carbons (Fsp3) is 0.0500. The van der Waals surface area contributed by atoms with Crippen molar-refractivity contribution in [3.63, 3.8) is 0 Å². The second-order valence-corrected chi connectivity index (χ2v) is 5.53. The van der Waals surface area contributed by atoms with Crippen molar-refractivity contribution in [2.45, 2.75) is 0 Å². The molecule has 3 aromatic rings. The average molecular weight is 364 g/mol. The molecule has 3 rings (SSSR count). The number of non-ortho nitro benzene ring substituents is 1. The van der Waals surface area contributed by atoms with Gasteiger partial charge in [0, 0.05) is 17.7 Å². The van der Waals surface area contributed by atoms with Crippen LogP contribution in [-0.2, 0) is 0 Å². The van der Waals surface area contributed by atoms with Crippen molar-refractivity contribution in [2.75, 3.05) is 12.4 Å². The van der Waals surface area contributed by atoms with Gasteiger partial charge in [-0.1, -0.05) is 12.1 Å². The molecule has 0 bridgehead atoms. The lowest BCUT2D eigenvalue weighted by atomic mass is 10.2. The molecular weight excluding hydrogens is 348 g/mol. The van der Waals surface area contributed by atoms with Crippen LogP contribution in [-0.4, -0.2) is 17.9 Å². The van der Waals surface area contributed by atoms with Crippen LogP contribution in [0.1, 0.15) is 10.4 Å². The maximum absolute atomic E-state index is 12.4. The van der Waals surface area contributed by atoms with Gasteiger partial charge in [0.15, 0.2) is 0 Å². The zero-order chi connectivity index (χ0) is 19.2. The van der Waals surface area contributed by atoms with E-state index in [0.717, 1.165) is 0 Å². The predicted octanol–water partition coefficient (Wildman–Crippen LogP) is 4.65. The number of anilines is 1. The number of hydrogen-bond donors (Lipinski definition) is 1. The number of para-hydroxylation sites is 2. The molecule has 0 atom stereocenters. The molecule has 7 heteroatoms. The summed E-state index contributed by atoms with van der Waals surface area (Å²) in [6.07, 6.45) is 0. The summed E-state index contributed by atoms with van der Waals surface area (Å²) in [5.74, 6) is 1.27. The maximum atomic E-state index is 12.4. The minimum Gasteiger partial charge on any atom is -0.495 e. The van der Waals surface area contributed by atoms with Crippen molar-refractivity contribution in [2.24, 2.45) is 0 Å². The van der Waals surface area contributed by atoms with Crippen LogP contribution in [0.3, 0.4) is 0 Å². The quantitative estimate of drug-likeness (QED) is 0.508. The molecule has 0 unspecified atom stereocenters. The molecule has 1 N–H and O–H groups in total. The van der Waals surface area contributed by atoms with Crippen molar-refractivity contribution in [1.29, 1.82) is 0 Å². The average Bonchev–Trinajstić information content (AvgIpc) is 2.69. The number of nitro groups is 1. The third-order valence-electron chi connectivity index (χ3n) is 3.75. The van der Waals surface area contributed by atoms with Crippen LogP contribution in [0.2, 0.25) is 0 Å². The molecule has 27 heavy (non-hydrogen) atoms. The van der Waals surface area contributed by atoms with E-state index in [9.17, 15) is 14.9 Å². The summed E-state index contributed by atoms with van der Waals surface area (Å²) in [4.78, 5) is 22.6. The highest BCUT2D eigenvalue weighted by atomic mass is 16.6. The Morgan fingerprint density at radius 1 is 0.926 bits per heavy atom. The summed E-state index contributed by atoms with van der Waals surface area (Å²) >= 11 is 0. The fourth-order valence-corrected chi connectivity index (χ4v) is 2.39. The Morgan fingerprint density at radius 3 is 2.11 bits per heavy atom. The van der Waals surface area contributed by atoms with Crippen molar-refractivity contribution in [3.05, 3.63) is 88.5 Å². The van der Waals surface area contributed by atoms with Crippen LogP contribution >= 0.6 is 0 Å². The van der Waals surface area contributed by atoms with Gasteiger partial charge in [-0.15, -0.1) is 0 Å². The summed E-state index contributed by atoms with van der Waals surface area (Å²) in [6.45, 7) is 0. The molecule has 0 heterocycles. The first-order chi connectivity index (χ1) is 13.1. The van der Waals surface area contributed by atoms with E-state index in [4.69, 9.17) is 9.47 Å². The van der Waals surface area contributed by atoms with E-state index in [1.54, 1.807) is 42.5 Å². The van der Waals surface area contributed by atoms with Gasteiger partial charge < -0.3 is 14.8 Å². The van der Waals surface area contributed by atoms with Gasteiger partial charge in [0.05, 0.1) is 17.7 Å². The van der Waals surface area contributed by atoms with Crippen molar-refractivity contribution < 1.29 is 19.2 Å². The van der Waals surface area contributed by atoms with E-state index in [0.29, 0.717) is 28.5 Å². The third kappa shape index (κ3) is 4.40. The smallest absolute Gasteiger partial charge is 0.269 e. The summed E-state index contributed by atoms with van der Waals surface area (Å²) in [6, 6.07) is 19.5. The highest BCUT2D eigenvalue weighted by Gasteiger charge is 2.10. The van der Waals surface area contributed by atoms with Crippen LogP contribution in [0.25, 0.3) is 0 Å². The normalized spacial score (nSPS) is 10.1. The zero-order valence-electron chi connectivity index (χ0n) is 14.4. The number of carbonyl (C=O) groups excluding carboxylic acids is 1. The van der Waals surface area contributed by atoms with Crippen molar-refractivity contribution in [3.8, 4) is 17.2 Å². The van der Waals surface area contributed by atoms with E-state index < -0.39 is 4.92 Å². The fourth-order valence-electron chi connectivity index (χ4n) is 2.39. The molecule has 0 aliphatic rings. The number of hydrogen-bond acceptors (Lipinski definition) is 5. The minimum absolute atomic E-state index is 0.00860. The number of benzene rings is 3. The largest absolute Gasteiger partial charge is 0.495 e. The lowest BCUT2D eigenvalue weighted by Crippen LogP contribution is -2.12. The molecule has 0 saturated carbocycles. The topological polar surface area (TPSA) is 90.7 Å². The van der Waals surface area contributed by atoms with E-state index in [1.807, 2.05) is 6.07 Å². The molecule has 0 spiro atoms. The van der Waals surface area contributed by atoms with Crippen LogP contribution in [0.5, 0.6) is 17.2 Å². The van der Waals surface area contributed by atoms with E-state index in [1.165, 1.54) is 31.4 Å². The molecule has 0 aliphatic heterocycles. The van der Waals surface area contributed by atoms with Crippen molar-refractivity contribution >= 4 is 17.3 Å². The van der Waals surface area contributed by atoms with Crippen LogP contribution in [0.15, 0.2) is 72.8 Å². The highest BCUT2D eigenvalue weighted by Crippen LogP contribution is 2.26. The standard InChI is InChI=1S/C20H16N2O5/c1-26-19-5-3-2-4-18(19)21-20(23)14-6-10-16(11-7-14)27-17-12-8-15(9-13-17)22(24)25/h2-13H,1H3,(H,21,23). The number of nitro benzene ring substituents is 1. The van der Waals surface area contributed by atoms with Crippen molar-refractivity contribution in [1.82, 2.24) is 0 Å². The highest BCUT2D eigenvalue weighted by molar-refractivity contribution is 6.05. The molecule has 136 valence electrons. The first kappa shape index (κ1) is 17.9. The number of carbonyl (C=O) groups is 1. The SMILES string of the molecule is COc1ccccc1NC(=O)c1ccc(Oc2ccc([N+](=O)[O-])cc2)cc1. The van der Waals surface area contributed by atoms with Crippen LogP contribution in [0.4, 0.5) is 11.4 Å². The van der Waals surface area contributed by atoms with Gasteiger partial charge in [-0.05, 0) is 48.5 Å². The summed E-state index contributed by atoms with van der Waals surface area (Å²) in [5, 5.41) is 13.5. The molecule has 0 saturated heterocycles.